The van der Waals surface area contributed by atoms with Crippen molar-refractivity contribution < 1.29 is 4.79 Å². The number of aromatic nitrogens is 2. The van der Waals surface area contributed by atoms with Crippen LogP contribution in [-0.2, 0) is 4.79 Å². The third kappa shape index (κ3) is 4.25. The first-order valence-corrected chi connectivity index (χ1v) is 9.21. The van der Waals surface area contributed by atoms with Gasteiger partial charge in [-0.3, -0.25) is 9.59 Å². The Bertz CT molecular complexity index is 824. The van der Waals surface area contributed by atoms with Crippen molar-refractivity contribution in [2.75, 3.05) is 31.1 Å². The van der Waals surface area contributed by atoms with Crippen LogP contribution in [-0.4, -0.2) is 46.8 Å². The molecule has 1 aromatic carbocycles. The van der Waals surface area contributed by atoms with Crippen molar-refractivity contribution in [3.8, 4) is 5.69 Å². The molecule has 0 unspecified atom stereocenters. The lowest BCUT2D eigenvalue weighted by molar-refractivity contribution is -0.132. The predicted octanol–water partition coefficient (Wildman–Crippen LogP) is 2.58. The van der Waals surface area contributed by atoms with E-state index in [-0.39, 0.29) is 11.5 Å². The number of nitrogens with zero attached hydrogens (tertiary/aromatic N) is 4. The summed E-state index contributed by atoms with van der Waals surface area (Å²) >= 11 is 5.91. The van der Waals surface area contributed by atoms with Crippen LogP contribution >= 0.6 is 11.6 Å². The van der Waals surface area contributed by atoms with E-state index in [0.29, 0.717) is 49.2 Å². The van der Waals surface area contributed by atoms with E-state index < -0.39 is 0 Å². The fourth-order valence-electron chi connectivity index (χ4n) is 3.00. The first kappa shape index (κ1) is 18.5. The molecule has 2 aromatic rings. The molecule has 1 amide bonds. The first-order chi connectivity index (χ1) is 12.4. The highest BCUT2D eigenvalue weighted by atomic mass is 35.5. The minimum atomic E-state index is -0.193. The number of amides is 1. The molecule has 1 fully saturated rings. The zero-order chi connectivity index (χ0) is 18.7. The minimum Gasteiger partial charge on any atom is -0.352 e. The van der Waals surface area contributed by atoms with Crippen molar-refractivity contribution in [3.63, 3.8) is 0 Å². The Hall–Kier alpha value is -2.34. The summed E-state index contributed by atoms with van der Waals surface area (Å²) in [6.07, 6.45) is 0.583. The fourth-order valence-corrected chi connectivity index (χ4v) is 3.13. The van der Waals surface area contributed by atoms with Gasteiger partial charge in [-0.1, -0.05) is 25.4 Å². The third-order valence-corrected chi connectivity index (χ3v) is 4.65. The Morgan fingerprint density at radius 2 is 1.73 bits per heavy atom. The lowest BCUT2D eigenvalue weighted by Crippen LogP contribution is -2.49. The van der Waals surface area contributed by atoms with Crippen LogP contribution in [0, 0.1) is 5.92 Å². The van der Waals surface area contributed by atoms with Crippen LogP contribution in [0.25, 0.3) is 5.69 Å². The SMILES string of the molecule is CC(C)CC(=O)N1CCN(c2ccc(=O)n(-c3ccc(Cl)cc3)n2)CC1. The van der Waals surface area contributed by atoms with Gasteiger partial charge >= 0.3 is 0 Å². The number of carbonyl (C=O) groups excluding carboxylic acids is 1. The van der Waals surface area contributed by atoms with E-state index in [9.17, 15) is 9.59 Å². The molecule has 26 heavy (non-hydrogen) atoms. The summed E-state index contributed by atoms with van der Waals surface area (Å²) in [6, 6.07) is 10.3. The van der Waals surface area contributed by atoms with Crippen molar-refractivity contribution in [1.82, 2.24) is 14.7 Å². The fraction of sp³-hybridized carbons (Fsp3) is 0.421. The van der Waals surface area contributed by atoms with Crippen molar-refractivity contribution in [1.29, 1.82) is 0 Å². The van der Waals surface area contributed by atoms with Crippen LogP contribution in [0.2, 0.25) is 5.02 Å². The van der Waals surface area contributed by atoms with Gasteiger partial charge in [-0.25, -0.2) is 0 Å². The number of piperazine rings is 1. The standard InChI is InChI=1S/C19H23ClN4O2/c1-14(2)13-19(26)23-11-9-22(10-12-23)17-7-8-18(25)24(21-17)16-5-3-15(20)4-6-16/h3-8,14H,9-13H2,1-2H3. The summed E-state index contributed by atoms with van der Waals surface area (Å²) in [5, 5.41) is 5.11. The molecule has 1 aromatic heterocycles. The van der Waals surface area contributed by atoms with E-state index in [1.807, 2.05) is 4.90 Å². The van der Waals surface area contributed by atoms with E-state index >= 15 is 0 Å². The molecule has 7 heteroatoms. The van der Waals surface area contributed by atoms with Crippen LogP contribution in [0.5, 0.6) is 0 Å². The second-order valence-corrected chi connectivity index (χ2v) is 7.32. The maximum Gasteiger partial charge on any atom is 0.271 e. The third-order valence-electron chi connectivity index (χ3n) is 4.40. The number of halogens is 1. The highest BCUT2D eigenvalue weighted by molar-refractivity contribution is 6.30. The second kappa shape index (κ2) is 7.91. The smallest absolute Gasteiger partial charge is 0.271 e. The van der Waals surface area contributed by atoms with Gasteiger partial charge in [0.2, 0.25) is 5.91 Å². The van der Waals surface area contributed by atoms with Gasteiger partial charge in [0.1, 0.15) is 5.82 Å². The molecule has 3 rings (SSSR count). The molecule has 0 spiro atoms. The molecule has 0 bridgehead atoms. The molecule has 138 valence electrons. The van der Waals surface area contributed by atoms with Gasteiger partial charge in [0.15, 0.2) is 0 Å². The topological polar surface area (TPSA) is 58.4 Å². The molecular formula is C19H23ClN4O2. The number of carbonyl (C=O) groups is 1. The van der Waals surface area contributed by atoms with Crippen LogP contribution in [0.1, 0.15) is 20.3 Å². The van der Waals surface area contributed by atoms with Crippen molar-refractivity contribution in [2.45, 2.75) is 20.3 Å². The monoisotopic (exact) mass is 374 g/mol. The van der Waals surface area contributed by atoms with E-state index in [2.05, 4.69) is 23.8 Å². The Kier molecular flexibility index (Phi) is 5.61. The van der Waals surface area contributed by atoms with Crippen LogP contribution in [0.15, 0.2) is 41.2 Å². The van der Waals surface area contributed by atoms with E-state index in [0.717, 1.165) is 5.82 Å². The lowest BCUT2D eigenvalue weighted by atomic mass is 10.1. The minimum absolute atomic E-state index is 0.193. The highest BCUT2D eigenvalue weighted by Gasteiger charge is 2.22. The Morgan fingerprint density at radius 1 is 1.08 bits per heavy atom. The van der Waals surface area contributed by atoms with Crippen LogP contribution < -0.4 is 10.5 Å². The van der Waals surface area contributed by atoms with Crippen LogP contribution in [0.4, 0.5) is 5.82 Å². The number of anilines is 1. The van der Waals surface area contributed by atoms with E-state index in [1.54, 1.807) is 30.3 Å². The van der Waals surface area contributed by atoms with Crippen LogP contribution in [0.3, 0.4) is 0 Å². The summed E-state index contributed by atoms with van der Waals surface area (Å²) in [4.78, 5) is 28.4. The molecule has 1 aliphatic heterocycles. The molecule has 0 atom stereocenters. The summed E-state index contributed by atoms with van der Waals surface area (Å²) in [5.74, 6) is 1.30. The Balaban J connectivity index is 1.73. The number of hydrogen-bond donors (Lipinski definition) is 0. The maximum absolute atomic E-state index is 12.2. The van der Waals surface area contributed by atoms with Gasteiger partial charge in [0.25, 0.3) is 5.56 Å². The predicted molar refractivity (Wildman–Crippen MR) is 103 cm³/mol. The zero-order valence-electron chi connectivity index (χ0n) is 15.1. The van der Waals surface area contributed by atoms with Gasteiger partial charge in [-0.2, -0.15) is 4.68 Å². The molecule has 0 aliphatic carbocycles. The second-order valence-electron chi connectivity index (χ2n) is 6.88. The number of hydrogen-bond acceptors (Lipinski definition) is 4. The average Bonchev–Trinajstić information content (AvgIpc) is 2.62. The molecular weight excluding hydrogens is 352 g/mol. The zero-order valence-corrected chi connectivity index (χ0v) is 15.8. The Labute approximate surface area is 158 Å². The van der Waals surface area contributed by atoms with Crippen molar-refractivity contribution in [3.05, 3.63) is 51.8 Å². The van der Waals surface area contributed by atoms with Gasteiger partial charge < -0.3 is 9.80 Å². The van der Waals surface area contributed by atoms with Crippen molar-refractivity contribution in [2.24, 2.45) is 5.92 Å². The largest absolute Gasteiger partial charge is 0.352 e. The number of rotatable bonds is 4. The summed E-state index contributed by atoms with van der Waals surface area (Å²) in [7, 11) is 0. The first-order valence-electron chi connectivity index (χ1n) is 8.83. The lowest BCUT2D eigenvalue weighted by Gasteiger charge is -2.35. The van der Waals surface area contributed by atoms with Gasteiger partial charge in [0, 0.05) is 43.7 Å². The molecule has 1 aliphatic rings. The van der Waals surface area contributed by atoms with Gasteiger partial charge in [-0.15, -0.1) is 5.10 Å². The average molecular weight is 375 g/mol. The van der Waals surface area contributed by atoms with Crippen molar-refractivity contribution >= 4 is 23.3 Å². The molecule has 0 saturated carbocycles. The molecule has 0 radical (unpaired) electrons. The summed E-state index contributed by atoms with van der Waals surface area (Å²) < 4.78 is 1.38. The molecule has 2 heterocycles. The normalized spacial score (nSPS) is 14.8. The summed E-state index contributed by atoms with van der Waals surface area (Å²) in [5.41, 5.74) is 0.480. The maximum atomic E-state index is 12.2. The number of benzene rings is 1. The highest BCUT2D eigenvalue weighted by Crippen LogP contribution is 2.16. The quantitative estimate of drug-likeness (QED) is 0.825. The van der Waals surface area contributed by atoms with Gasteiger partial charge in [0.05, 0.1) is 5.69 Å². The van der Waals surface area contributed by atoms with E-state index in [4.69, 9.17) is 11.6 Å². The molecule has 6 nitrogen and oxygen atoms in total. The van der Waals surface area contributed by atoms with Gasteiger partial charge in [-0.05, 0) is 36.2 Å². The molecule has 1 saturated heterocycles. The molecule has 0 N–H and O–H groups in total. The van der Waals surface area contributed by atoms with E-state index in [1.165, 1.54) is 10.7 Å². The summed E-state index contributed by atoms with van der Waals surface area (Å²) in [6.45, 7) is 6.86. The Morgan fingerprint density at radius 3 is 2.35 bits per heavy atom.